The number of hydrogen-bond donors (Lipinski definition) is 1. The zero-order valence-electron chi connectivity index (χ0n) is 17.2. The van der Waals surface area contributed by atoms with E-state index in [0.29, 0.717) is 6.54 Å². The number of hydrogen-bond acceptors (Lipinski definition) is 2. The van der Waals surface area contributed by atoms with Gasteiger partial charge in [-0.3, -0.25) is 4.90 Å². The van der Waals surface area contributed by atoms with Crippen LogP contribution < -0.4 is 0 Å². The Labute approximate surface area is 178 Å². The Bertz CT molecular complexity index is 1030. The fourth-order valence-electron chi connectivity index (χ4n) is 4.73. The summed E-state index contributed by atoms with van der Waals surface area (Å²) >= 11 is 0. The maximum Gasteiger partial charge on any atom is 0.0916 e. The molecule has 5 rings (SSSR count). The molecule has 30 heavy (non-hydrogen) atoms. The van der Waals surface area contributed by atoms with Crippen LogP contribution >= 0.6 is 0 Å². The Balaban J connectivity index is 1.42. The van der Waals surface area contributed by atoms with Crippen molar-refractivity contribution in [2.24, 2.45) is 0 Å². The van der Waals surface area contributed by atoms with E-state index in [9.17, 15) is 5.11 Å². The zero-order chi connectivity index (χ0) is 20.3. The van der Waals surface area contributed by atoms with Gasteiger partial charge in [-0.05, 0) is 46.2 Å². The predicted molar refractivity (Wildman–Crippen MR) is 125 cm³/mol. The van der Waals surface area contributed by atoms with E-state index in [-0.39, 0.29) is 0 Å². The quantitative estimate of drug-likeness (QED) is 0.475. The van der Waals surface area contributed by atoms with E-state index in [1.54, 1.807) is 0 Å². The molecule has 1 unspecified atom stereocenters. The molecule has 0 radical (unpaired) electrons. The fourth-order valence-corrected chi connectivity index (χ4v) is 4.73. The number of rotatable bonds is 3. The molecule has 0 amide bonds. The Hall–Kier alpha value is -2.94. The van der Waals surface area contributed by atoms with Gasteiger partial charge in [0.05, 0.1) is 6.10 Å². The third-order valence-electron chi connectivity index (χ3n) is 6.33. The first-order valence-corrected chi connectivity index (χ1v) is 10.8. The van der Waals surface area contributed by atoms with Crippen molar-refractivity contribution >= 4 is 17.7 Å². The largest absolute Gasteiger partial charge is 0.387 e. The van der Waals surface area contributed by atoms with Gasteiger partial charge in [-0.1, -0.05) is 96.6 Å². The van der Waals surface area contributed by atoms with E-state index in [0.717, 1.165) is 31.5 Å². The summed E-state index contributed by atoms with van der Waals surface area (Å²) in [6.07, 6.45) is 6.14. The molecule has 2 nitrogen and oxygen atoms in total. The van der Waals surface area contributed by atoms with Gasteiger partial charge in [0.15, 0.2) is 0 Å². The lowest BCUT2D eigenvalue weighted by molar-refractivity contribution is 0.108. The van der Waals surface area contributed by atoms with Gasteiger partial charge in [-0.2, -0.15) is 0 Å². The first-order chi connectivity index (χ1) is 14.8. The van der Waals surface area contributed by atoms with Crippen LogP contribution in [0.4, 0.5) is 0 Å². The van der Waals surface area contributed by atoms with E-state index in [1.807, 2.05) is 30.3 Å². The highest BCUT2D eigenvalue weighted by molar-refractivity contribution is 5.94. The van der Waals surface area contributed by atoms with Crippen molar-refractivity contribution in [2.75, 3.05) is 19.6 Å². The lowest BCUT2D eigenvalue weighted by atomic mass is 9.86. The maximum atomic E-state index is 10.6. The molecule has 1 fully saturated rings. The third kappa shape index (κ3) is 3.77. The molecule has 1 atom stereocenters. The van der Waals surface area contributed by atoms with Gasteiger partial charge < -0.3 is 5.11 Å². The number of aliphatic hydroxyl groups is 1. The highest BCUT2D eigenvalue weighted by Gasteiger charge is 2.23. The van der Waals surface area contributed by atoms with E-state index in [4.69, 9.17) is 0 Å². The standard InChI is InChI=1S/C28H27NO/c30-27(23-10-2-1-3-11-23)20-29-18-16-24(17-19-29)28-25-12-6-4-8-21(25)14-15-22-9-5-7-13-26(22)28/h1-15,27,30H,16-20H2. The first kappa shape index (κ1) is 19.0. The highest BCUT2D eigenvalue weighted by Crippen LogP contribution is 2.38. The summed E-state index contributed by atoms with van der Waals surface area (Å²) in [5.74, 6) is 0. The van der Waals surface area contributed by atoms with Crippen molar-refractivity contribution in [2.45, 2.75) is 18.9 Å². The van der Waals surface area contributed by atoms with Crippen LogP contribution in [-0.4, -0.2) is 29.6 Å². The molecule has 3 aromatic carbocycles. The number of fused-ring (bicyclic) bond motifs is 2. The summed E-state index contributed by atoms with van der Waals surface area (Å²) in [7, 11) is 0. The molecule has 0 saturated carbocycles. The minimum absolute atomic E-state index is 0.427. The monoisotopic (exact) mass is 393 g/mol. The van der Waals surface area contributed by atoms with Gasteiger partial charge in [0.2, 0.25) is 0 Å². The number of aliphatic hydroxyl groups excluding tert-OH is 1. The molecule has 1 aliphatic carbocycles. The minimum atomic E-state index is -0.427. The van der Waals surface area contributed by atoms with Gasteiger partial charge in [0.1, 0.15) is 0 Å². The Morgan fingerprint density at radius 1 is 0.700 bits per heavy atom. The minimum Gasteiger partial charge on any atom is -0.387 e. The number of β-amino-alcohol motifs (C(OH)–C–C–N with tert-alkyl or cyclic N) is 1. The molecule has 0 spiro atoms. The van der Waals surface area contributed by atoms with Gasteiger partial charge in [0, 0.05) is 19.6 Å². The topological polar surface area (TPSA) is 23.5 Å². The Morgan fingerprint density at radius 3 is 1.83 bits per heavy atom. The van der Waals surface area contributed by atoms with Crippen LogP contribution in [0.2, 0.25) is 0 Å². The lowest BCUT2D eigenvalue weighted by Gasteiger charge is -2.32. The predicted octanol–water partition coefficient (Wildman–Crippen LogP) is 5.80. The molecular weight excluding hydrogens is 366 g/mol. The van der Waals surface area contributed by atoms with Crippen LogP contribution in [0.3, 0.4) is 0 Å². The van der Waals surface area contributed by atoms with Crippen LogP contribution in [0.25, 0.3) is 17.7 Å². The average molecular weight is 394 g/mol. The molecule has 2 aliphatic rings. The van der Waals surface area contributed by atoms with Crippen LogP contribution in [0.15, 0.2) is 84.4 Å². The summed E-state index contributed by atoms with van der Waals surface area (Å²) in [5, 5.41) is 10.6. The fraction of sp³-hybridized carbons (Fsp3) is 0.214. The number of piperidine rings is 1. The molecule has 0 bridgehead atoms. The molecule has 1 saturated heterocycles. The van der Waals surface area contributed by atoms with E-state index in [1.165, 1.54) is 33.4 Å². The molecule has 1 heterocycles. The lowest BCUT2D eigenvalue weighted by Crippen LogP contribution is -2.34. The SMILES string of the molecule is OC(CN1CCC(=C2c3ccccc3C=Cc3ccccc32)CC1)c1ccccc1. The van der Waals surface area contributed by atoms with Crippen LogP contribution in [0.1, 0.15) is 46.8 Å². The molecular formula is C28H27NO. The Kier molecular flexibility index (Phi) is 5.35. The number of nitrogens with zero attached hydrogens (tertiary/aromatic N) is 1. The molecule has 1 aliphatic heterocycles. The molecule has 0 aromatic heterocycles. The average Bonchev–Trinajstić information content (AvgIpc) is 2.97. The normalized spacial score (nSPS) is 17.2. The second-order valence-electron chi connectivity index (χ2n) is 8.21. The van der Waals surface area contributed by atoms with E-state index >= 15 is 0 Å². The number of benzene rings is 3. The summed E-state index contributed by atoms with van der Waals surface area (Å²) in [5.41, 5.74) is 9.20. The van der Waals surface area contributed by atoms with Crippen molar-refractivity contribution in [1.29, 1.82) is 0 Å². The van der Waals surface area contributed by atoms with Crippen molar-refractivity contribution in [3.8, 4) is 0 Å². The zero-order valence-corrected chi connectivity index (χ0v) is 17.2. The van der Waals surface area contributed by atoms with Crippen LogP contribution in [0, 0.1) is 0 Å². The maximum absolute atomic E-state index is 10.6. The summed E-state index contributed by atoms with van der Waals surface area (Å²) < 4.78 is 0. The van der Waals surface area contributed by atoms with Gasteiger partial charge in [0.25, 0.3) is 0 Å². The number of likely N-dealkylation sites (tertiary alicyclic amines) is 1. The second-order valence-corrected chi connectivity index (χ2v) is 8.21. The summed E-state index contributed by atoms with van der Waals surface area (Å²) in [4.78, 5) is 2.40. The second kappa shape index (κ2) is 8.43. The molecule has 150 valence electrons. The van der Waals surface area contributed by atoms with E-state index in [2.05, 4.69) is 65.6 Å². The van der Waals surface area contributed by atoms with Gasteiger partial charge in [-0.25, -0.2) is 0 Å². The molecule has 2 heteroatoms. The van der Waals surface area contributed by atoms with Gasteiger partial charge in [-0.15, -0.1) is 0 Å². The van der Waals surface area contributed by atoms with Crippen molar-refractivity contribution in [3.05, 3.63) is 112 Å². The Morgan fingerprint density at radius 2 is 1.23 bits per heavy atom. The van der Waals surface area contributed by atoms with E-state index < -0.39 is 6.10 Å². The molecule has 3 aromatic rings. The van der Waals surface area contributed by atoms with Crippen molar-refractivity contribution in [1.82, 2.24) is 4.90 Å². The van der Waals surface area contributed by atoms with Crippen molar-refractivity contribution < 1.29 is 5.11 Å². The smallest absolute Gasteiger partial charge is 0.0916 e. The summed E-state index contributed by atoms with van der Waals surface area (Å²) in [6, 6.07) is 27.5. The van der Waals surface area contributed by atoms with Crippen LogP contribution in [-0.2, 0) is 0 Å². The highest BCUT2D eigenvalue weighted by atomic mass is 16.3. The van der Waals surface area contributed by atoms with Crippen molar-refractivity contribution in [3.63, 3.8) is 0 Å². The van der Waals surface area contributed by atoms with Crippen LogP contribution in [0.5, 0.6) is 0 Å². The summed E-state index contributed by atoms with van der Waals surface area (Å²) in [6.45, 7) is 2.67. The third-order valence-corrected chi connectivity index (χ3v) is 6.33. The molecule has 1 N–H and O–H groups in total. The van der Waals surface area contributed by atoms with Gasteiger partial charge >= 0.3 is 0 Å². The first-order valence-electron chi connectivity index (χ1n) is 10.8.